The van der Waals surface area contributed by atoms with E-state index in [1.54, 1.807) is 18.2 Å². The number of nitrogens with one attached hydrogen (secondary N) is 2. The zero-order valence-corrected chi connectivity index (χ0v) is 20.8. The molecule has 0 radical (unpaired) electrons. The molecule has 2 N–H and O–H groups in total. The number of nitrogens with zero attached hydrogens (tertiary/aromatic N) is 2. The summed E-state index contributed by atoms with van der Waals surface area (Å²) in [6, 6.07) is 11.6. The number of benzene rings is 2. The molecule has 0 bridgehead atoms. The predicted molar refractivity (Wildman–Crippen MR) is 140 cm³/mol. The topological polar surface area (TPSA) is 87.0 Å². The summed E-state index contributed by atoms with van der Waals surface area (Å²) in [5.41, 5.74) is 4.60. The average Bonchev–Trinajstić information content (AvgIpc) is 2.83. The van der Waals surface area contributed by atoms with Crippen molar-refractivity contribution in [3.05, 3.63) is 64.3 Å². The van der Waals surface area contributed by atoms with Gasteiger partial charge in [-0.25, -0.2) is 0 Å². The molecule has 8 heteroatoms. The molecule has 0 aliphatic heterocycles. The highest BCUT2D eigenvalue weighted by Gasteiger charge is 2.18. The Morgan fingerprint density at radius 3 is 2.62 bits per heavy atom. The Balaban J connectivity index is 2.22. The average molecular weight is 497 g/mol. The fourth-order valence-electron chi connectivity index (χ4n) is 3.60. The molecule has 1 aromatic heterocycles. The Hall–Kier alpha value is -3.27. The molecule has 1 heterocycles. The van der Waals surface area contributed by atoms with Crippen LogP contribution in [-0.4, -0.2) is 23.4 Å². The van der Waals surface area contributed by atoms with Gasteiger partial charge in [-0.05, 0) is 43.5 Å². The number of carbonyl (C=O) groups excluding carboxylic acids is 1. The fraction of sp³-hybridized carbons (Fsp3) is 0.269. The van der Waals surface area contributed by atoms with Gasteiger partial charge in [0.15, 0.2) is 0 Å². The molecule has 34 heavy (non-hydrogen) atoms. The second-order valence-corrected chi connectivity index (χ2v) is 8.12. The smallest absolute Gasteiger partial charge is 0.248 e. The minimum atomic E-state index is -0.337. The van der Waals surface area contributed by atoms with Gasteiger partial charge in [-0.3, -0.25) is 9.78 Å². The quantitative estimate of drug-likeness (QED) is 0.252. The van der Waals surface area contributed by atoms with E-state index < -0.39 is 0 Å². The standard InChI is InChI=1S/C26H26Cl2N4O2/c1-4-16-9-10-17(12-20(16)28)30-26-18-13-23(32-25(33)8-7-11-27)24(34-6-3)14-22(18)31-21(5-2)19(26)15-29/h7-10,12-14H,4-6,11H2,1-3H3,(H,30,31)(H,32,33)/b8-7+. The monoisotopic (exact) mass is 496 g/mol. The second kappa shape index (κ2) is 11.7. The highest BCUT2D eigenvalue weighted by atomic mass is 35.5. The minimum absolute atomic E-state index is 0.228. The van der Waals surface area contributed by atoms with Crippen LogP contribution in [0.25, 0.3) is 10.9 Å². The molecule has 6 nitrogen and oxygen atoms in total. The summed E-state index contributed by atoms with van der Waals surface area (Å²) < 4.78 is 5.77. The summed E-state index contributed by atoms with van der Waals surface area (Å²) >= 11 is 12.1. The second-order valence-electron chi connectivity index (χ2n) is 7.40. The fourth-order valence-corrected chi connectivity index (χ4v) is 4.01. The van der Waals surface area contributed by atoms with Crippen LogP contribution in [0.15, 0.2) is 42.5 Å². The molecule has 176 valence electrons. The summed E-state index contributed by atoms with van der Waals surface area (Å²) in [4.78, 5) is 17.1. The van der Waals surface area contributed by atoms with Crippen LogP contribution in [0.5, 0.6) is 5.75 Å². The number of aromatic nitrogens is 1. The molecule has 0 fully saturated rings. The number of pyridine rings is 1. The van der Waals surface area contributed by atoms with Gasteiger partial charge < -0.3 is 15.4 Å². The summed E-state index contributed by atoms with van der Waals surface area (Å²) in [5, 5.41) is 17.5. The van der Waals surface area contributed by atoms with Crippen molar-refractivity contribution in [2.24, 2.45) is 0 Å². The van der Waals surface area contributed by atoms with Crippen molar-refractivity contribution in [2.75, 3.05) is 23.1 Å². The van der Waals surface area contributed by atoms with E-state index in [9.17, 15) is 10.1 Å². The molecule has 0 spiro atoms. The molecule has 1 amide bonds. The van der Waals surface area contributed by atoms with Gasteiger partial charge in [-0.15, -0.1) is 11.6 Å². The first-order valence-electron chi connectivity index (χ1n) is 11.1. The molecule has 0 aliphatic rings. The first-order valence-corrected chi connectivity index (χ1v) is 12.0. The molecule has 3 aromatic rings. The van der Waals surface area contributed by atoms with Crippen LogP contribution in [0.2, 0.25) is 5.02 Å². The van der Waals surface area contributed by atoms with E-state index in [0.29, 0.717) is 57.3 Å². The first-order chi connectivity index (χ1) is 16.4. The number of hydrogen-bond acceptors (Lipinski definition) is 5. The van der Waals surface area contributed by atoms with Crippen LogP contribution in [0, 0.1) is 11.3 Å². The first kappa shape index (κ1) is 25.4. The maximum Gasteiger partial charge on any atom is 0.248 e. The number of rotatable bonds is 9. The van der Waals surface area contributed by atoms with Gasteiger partial charge in [0.1, 0.15) is 11.8 Å². The molecule has 0 saturated carbocycles. The van der Waals surface area contributed by atoms with Crippen molar-refractivity contribution >= 4 is 57.1 Å². The van der Waals surface area contributed by atoms with E-state index in [-0.39, 0.29) is 11.8 Å². The van der Waals surface area contributed by atoms with Crippen LogP contribution in [0.1, 0.15) is 37.6 Å². The van der Waals surface area contributed by atoms with Crippen LogP contribution in [0.4, 0.5) is 17.1 Å². The number of alkyl halides is 1. The number of hydrogen-bond donors (Lipinski definition) is 2. The van der Waals surface area contributed by atoms with Crippen molar-refractivity contribution in [1.29, 1.82) is 5.26 Å². The Morgan fingerprint density at radius 1 is 1.21 bits per heavy atom. The van der Waals surface area contributed by atoms with Crippen molar-refractivity contribution in [3.63, 3.8) is 0 Å². The van der Waals surface area contributed by atoms with Crippen LogP contribution in [0.3, 0.4) is 0 Å². The lowest BCUT2D eigenvalue weighted by atomic mass is 10.0. The molecule has 0 saturated heterocycles. The van der Waals surface area contributed by atoms with Gasteiger partial charge in [-0.1, -0.05) is 37.6 Å². The lowest BCUT2D eigenvalue weighted by molar-refractivity contribution is -0.111. The number of fused-ring (bicyclic) bond motifs is 1. The highest BCUT2D eigenvalue weighted by Crippen LogP contribution is 2.38. The summed E-state index contributed by atoms with van der Waals surface area (Å²) in [7, 11) is 0. The van der Waals surface area contributed by atoms with Crippen LogP contribution in [-0.2, 0) is 17.6 Å². The van der Waals surface area contributed by atoms with Crippen molar-refractivity contribution in [3.8, 4) is 11.8 Å². The Kier molecular flexibility index (Phi) is 8.75. The van der Waals surface area contributed by atoms with Gasteiger partial charge in [0.25, 0.3) is 0 Å². The van der Waals surface area contributed by atoms with Gasteiger partial charge in [0.2, 0.25) is 5.91 Å². The largest absolute Gasteiger partial charge is 0.492 e. The lowest BCUT2D eigenvalue weighted by Gasteiger charge is -2.18. The van der Waals surface area contributed by atoms with E-state index in [1.807, 2.05) is 39.0 Å². The van der Waals surface area contributed by atoms with E-state index in [2.05, 4.69) is 16.7 Å². The number of amides is 1. The predicted octanol–water partition coefficient (Wildman–Crippen LogP) is 6.76. The third kappa shape index (κ3) is 5.61. The molecule has 0 unspecified atom stereocenters. The number of ether oxygens (including phenoxy) is 1. The molecular weight excluding hydrogens is 471 g/mol. The molecule has 2 aromatic carbocycles. The normalized spacial score (nSPS) is 10.9. The number of anilines is 3. The number of carbonyl (C=O) groups is 1. The SMILES string of the molecule is CCOc1cc2nc(CC)c(C#N)c(Nc3ccc(CC)c(Cl)c3)c2cc1NC(=O)/C=C/CCl. The number of aryl methyl sites for hydroxylation is 2. The third-order valence-corrected chi connectivity index (χ3v) is 5.76. The maximum atomic E-state index is 12.4. The van der Waals surface area contributed by atoms with E-state index in [0.717, 1.165) is 17.7 Å². The Labute approximate surface area is 209 Å². The minimum Gasteiger partial charge on any atom is -0.492 e. The Morgan fingerprint density at radius 2 is 2.00 bits per heavy atom. The van der Waals surface area contributed by atoms with Crippen LogP contribution < -0.4 is 15.4 Å². The van der Waals surface area contributed by atoms with E-state index in [1.165, 1.54) is 6.08 Å². The third-order valence-electron chi connectivity index (χ3n) is 5.23. The van der Waals surface area contributed by atoms with Crippen molar-refractivity contribution in [1.82, 2.24) is 4.98 Å². The summed E-state index contributed by atoms with van der Waals surface area (Å²) in [6.07, 6.45) is 4.32. The number of halogens is 2. The van der Waals surface area contributed by atoms with E-state index in [4.69, 9.17) is 32.9 Å². The van der Waals surface area contributed by atoms with Crippen LogP contribution >= 0.6 is 23.2 Å². The van der Waals surface area contributed by atoms with E-state index >= 15 is 0 Å². The van der Waals surface area contributed by atoms with Gasteiger partial charge in [-0.2, -0.15) is 5.26 Å². The lowest BCUT2D eigenvalue weighted by Crippen LogP contribution is -2.10. The van der Waals surface area contributed by atoms with Gasteiger partial charge in [0, 0.05) is 34.1 Å². The van der Waals surface area contributed by atoms with Gasteiger partial charge >= 0.3 is 0 Å². The number of nitriles is 1. The van der Waals surface area contributed by atoms with Gasteiger partial charge in [0.05, 0.1) is 34.8 Å². The summed E-state index contributed by atoms with van der Waals surface area (Å²) in [6.45, 7) is 6.27. The van der Waals surface area contributed by atoms with Crippen molar-refractivity contribution in [2.45, 2.75) is 33.6 Å². The molecule has 0 aliphatic carbocycles. The molecule has 0 atom stereocenters. The Bertz CT molecular complexity index is 1280. The zero-order valence-electron chi connectivity index (χ0n) is 19.3. The maximum absolute atomic E-state index is 12.4. The number of allylic oxidation sites excluding steroid dienone is 1. The molecule has 3 rings (SSSR count). The zero-order chi connectivity index (χ0) is 24.7. The molecular formula is C26H26Cl2N4O2. The van der Waals surface area contributed by atoms with Crippen molar-refractivity contribution < 1.29 is 9.53 Å². The highest BCUT2D eigenvalue weighted by molar-refractivity contribution is 6.31. The summed E-state index contributed by atoms with van der Waals surface area (Å²) in [5.74, 6) is 0.380.